The minimum absolute atomic E-state index is 0.0309. The van der Waals surface area contributed by atoms with Crippen molar-refractivity contribution in [2.24, 2.45) is 3.50 Å². The summed E-state index contributed by atoms with van der Waals surface area (Å²) in [7, 11) is 4.02. The molecule has 252 valence electrons. The molecular weight excluding hydrogens is 817 g/mol. The first-order valence-corrected chi connectivity index (χ1v) is 19.7. The van der Waals surface area contributed by atoms with Gasteiger partial charge in [-0.1, -0.05) is 86.6 Å². The second-order valence-electron chi connectivity index (χ2n) is 12.2. The minimum atomic E-state index is -1.01. The van der Waals surface area contributed by atoms with E-state index in [-0.39, 0.29) is 5.41 Å². The summed E-state index contributed by atoms with van der Waals surface area (Å²) in [5.74, 6) is 0.322. The Hall–Kier alpha value is -4.08. The van der Waals surface area contributed by atoms with Gasteiger partial charge in [0.05, 0.1) is 0 Å². The van der Waals surface area contributed by atoms with Gasteiger partial charge in [-0.05, 0) is 23.3 Å². The van der Waals surface area contributed by atoms with Gasteiger partial charge in [-0.25, -0.2) is 0 Å². The fraction of sp³-hybridized carbons (Fsp3) is 0.167. The molecule has 5 aromatic carbocycles. The van der Waals surface area contributed by atoms with Crippen LogP contribution in [0, 0.1) is 13.8 Å². The van der Waals surface area contributed by atoms with Gasteiger partial charge in [0.1, 0.15) is 5.75 Å². The minimum Gasteiger partial charge on any atom is -0.665 e. The van der Waals surface area contributed by atoms with Crippen LogP contribution in [0.15, 0.2) is 137 Å². The van der Waals surface area contributed by atoms with Gasteiger partial charge < -0.3 is 15.0 Å². The third-order valence-corrected chi connectivity index (χ3v) is 11.8. The number of halogens is 2. The second-order valence-corrected chi connectivity index (χ2v) is 15.3. The van der Waals surface area contributed by atoms with Crippen molar-refractivity contribution in [2.75, 3.05) is 19.0 Å². The molecule has 0 saturated carbocycles. The van der Waals surface area contributed by atoms with Crippen LogP contribution < -0.4 is 9.88 Å². The Balaban J connectivity index is 0.000000185. The largest absolute Gasteiger partial charge is 0.665 e. The zero-order valence-electron chi connectivity index (χ0n) is 28.7. The second kappa shape index (κ2) is 18.1. The molecule has 0 saturated heterocycles. The number of phenols is 1. The Kier molecular flexibility index (Phi) is 13.9. The summed E-state index contributed by atoms with van der Waals surface area (Å²) < 4.78 is 7.00. The molecule has 0 fully saturated rings. The van der Waals surface area contributed by atoms with E-state index in [9.17, 15) is 5.11 Å². The quantitative estimate of drug-likeness (QED) is 0.182. The third kappa shape index (κ3) is 11.0. The van der Waals surface area contributed by atoms with Gasteiger partial charge in [0, 0.05) is 30.9 Å². The molecule has 0 atom stereocenters. The van der Waals surface area contributed by atoms with Crippen molar-refractivity contribution in [3.63, 3.8) is 0 Å². The molecule has 6 rings (SSSR count). The number of anilines is 1. The van der Waals surface area contributed by atoms with Crippen LogP contribution in [0.25, 0.3) is 22.3 Å². The van der Waals surface area contributed by atoms with E-state index in [0.29, 0.717) is 15.8 Å². The zero-order chi connectivity index (χ0) is 35.4. The van der Waals surface area contributed by atoms with E-state index in [1.807, 2.05) is 137 Å². The number of aromatic hydroxyl groups is 1. The summed E-state index contributed by atoms with van der Waals surface area (Å²) in [5.41, 5.74) is 9.09. The first kappa shape index (κ1) is 37.7. The van der Waals surface area contributed by atoms with Gasteiger partial charge >= 0.3 is 138 Å². The number of rotatable bonds is 6. The molecule has 49 heavy (non-hydrogen) atoms. The predicted octanol–water partition coefficient (Wildman–Crippen LogP) is 11.7. The average molecular weight is 860 g/mol. The molecule has 0 aliphatic heterocycles. The van der Waals surface area contributed by atoms with Gasteiger partial charge in [0.25, 0.3) is 0 Å². The molecule has 4 nitrogen and oxygen atoms in total. The van der Waals surface area contributed by atoms with Gasteiger partial charge in [-0.15, -0.1) is 0 Å². The number of phenolic OH excluding ortho intramolecular Hbond substituents is 1. The molecule has 1 N–H and O–H groups in total. The standard InChI is InChI=1S/C20H19NO.C10H12.C6H3Cl2N.C6H8N.W/c1-21(2)17-13-18(15-9-5-3-6-10-15)20(22)19(14-17)16-11-7-4-8-12-16;1-10(2,3)9-7-5-4-6-8-9;7-4-2-1-3-5(8)6(4)9;1-5-3-4-6(2)7-5;/h3-14,22H,1-2H3;1,4-8H,2-3H3;1-3H;3-4H,1-2H3;/q;;;-1;. The zero-order valence-corrected chi connectivity index (χ0v) is 33.2. The maximum atomic E-state index is 10.8. The fourth-order valence-corrected chi connectivity index (χ4v) is 8.46. The Morgan fingerprint density at radius 2 is 1.12 bits per heavy atom. The van der Waals surface area contributed by atoms with Crippen LogP contribution in [0.5, 0.6) is 5.75 Å². The molecule has 0 bridgehead atoms. The van der Waals surface area contributed by atoms with Gasteiger partial charge in [-0.2, -0.15) is 11.4 Å². The van der Waals surface area contributed by atoms with Crippen LogP contribution in [0.2, 0.25) is 10.0 Å². The van der Waals surface area contributed by atoms with E-state index in [0.717, 1.165) is 45.0 Å². The van der Waals surface area contributed by atoms with E-state index in [1.165, 1.54) is 5.56 Å². The van der Waals surface area contributed by atoms with E-state index in [1.54, 1.807) is 0 Å². The fourth-order valence-electron chi connectivity index (χ4n) is 4.87. The monoisotopic (exact) mass is 858 g/mol. The summed E-state index contributed by atoms with van der Waals surface area (Å²) in [5, 5.41) is 12.0. The number of nitrogens with zero attached hydrogens (tertiary/aromatic N) is 3. The van der Waals surface area contributed by atoms with Gasteiger partial charge in [0.2, 0.25) is 0 Å². The van der Waals surface area contributed by atoms with Crippen molar-refractivity contribution in [2.45, 2.75) is 33.1 Å². The van der Waals surface area contributed by atoms with E-state index in [2.05, 4.69) is 55.9 Å². The number of aromatic nitrogens is 1. The number of aryl methyl sites for hydroxylation is 2. The maximum Gasteiger partial charge on any atom is 0.131 e. The van der Waals surface area contributed by atoms with E-state index < -0.39 is 17.9 Å². The maximum absolute atomic E-state index is 10.8. The topological polar surface area (TPSA) is 49.9 Å². The average Bonchev–Trinajstić information content (AvgIpc) is 3.49. The summed E-state index contributed by atoms with van der Waals surface area (Å²) >= 11 is 11.3. The summed E-state index contributed by atoms with van der Waals surface area (Å²) in [6.45, 7) is 8.41. The van der Waals surface area contributed by atoms with Crippen molar-refractivity contribution >= 4 is 39.0 Å². The summed E-state index contributed by atoms with van der Waals surface area (Å²) in [6, 6.07) is 44.0. The van der Waals surface area contributed by atoms with E-state index in [4.69, 9.17) is 23.2 Å². The van der Waals surface area contributed by atoms with Crippen molar-refractivity contribution in [3.05, 3.63) is 160 Å². The first-order valence-electron chi connectivity index (χ1n) is 15.9. The van der Waals surface area contributed by atoms with Crippen LogP contribution in [-0.4, -0.2) is 23.6 Å². The molecule has 7 heteroatoms. The van der Waals surface area contributed by atoms with Crippen LogP contribution in [0.3, 0.4) is 0 Å². The molecule has 0 aliphatic carbocycles. The number of hydrogen-bond donors (Lipinski definition) is 1. The summed E-state index contributed by atoms with van der Waals surface area (Å²) in [6.07, 6.45) is 0. The van der Waals surface area contributed by atoms with Crippen molar-refractivity contribution < 1.29 is 23.0 Å². The van der Waals surface area contributed by atoms with E-state index >= 15 is 0 Å². The molecule has 0 aliphatic rings. The van der Waals surface area contributed by atoms with Crippen LogP contribution in [-0.2, 0) is 23.3 Å². The Morgan fingerprint density at radius 3 is 1.53 bits per heavy atom. The van der Waals surface area contributed by atoms with Crippen molar-refractivity contribution in [1.29, 1.82) is 0 Å². The molecule has 0 radical (unpaired) electrons. The third-order valence-electron chi connectivity index (χ3n) is 7.65. The first-order chi connectivity index (χ1) is 23.5. The molecule has 0 unspecified atom stereocenters. The van der Waals surface area contributed by atoms with Crippen LogP contribution in [0.1, 0.15) is 30.8 Å². The normalized spacial score (nSPS) is 10.5. The predicted molar refractivity (Wildman–Crippen MR) is 207 cm³/mol. The summed E-state index contributed by atoms with van der Waals surface area (Å²) in [4.78, 5) is 6.16. The molecule has 0 amide bonds. The smallest absolute Gasteiger partial charge is 0.131 e. The SMILES string of the molecule is CC(C)([CH]=[W]=[N]c1c(Cl)cccc1Cl)c1ccccc1.CN(C)c1cc(-c2ccccc2)c(O)c(-c2ccccc2)c1.Cc1ccc(C)[n-]1. The molecule has 1 heterocycles. The van der Waals surface area contributed by atoms with Crippen LogP contribution in [0.4, 0.5) is 11.4 Å². The van der Waals surface area contributed by atoms with Crippen molar-refractivity contribution in [1.82, 2.24) is 4.98 Å². The molecule has 0 spiro atoms. The van der Waals surface area contributed by atoms with Gasteiger partial charge in [-0.3, -0.25) is 0 Å². The number of hydrogen-bond acceptors (Lipinski definition) is 3. The van der Waals surface area contributed by atoms with Crippen LogP contribution >= 0.6 is 23.2 Å². The van der Waals surface area contributed by atoms with Crippen molar-refractivity contribution in [3.8, 4) is 28.0 Å². The Bertz CT molecular complexity index is 1900. The molecular formula is C42H42Cl2N3OW-. The Morgan fingerprint density at radius 1 is 0.673 bits per heavy atom. The molecule has 6 aromatic rings. The van der Waals surface area contributed by atoms with Gasteiger partial charge in [0.15, 0.2) is 0 Å². The number of benzene rings is 5. The molecule has 1 aromatic heterocycles. The Labute approximate surface area is 309 Å².